The van der Waals surface area contributed by atoms with Crippen molar-refractivity contribution in [2.75, 3.05) is 19.7 Å². The molecule has 2 aromatic rings. The van der Waals surface area contributed by atoms with Crippen molar-refractivity contribution in [3.05, 3.63) is 35.3 Å². The quantitative estimate of drug-likeness (QED) is 0.668. The SMILES string of the molecule is CCOc1ccccc1-c1nc(CC(=O)NCCN(C(C)C)C(C)C)cs1. The molecular formula is C21H31N3O2S. The lowest BCUT2D eigenvalue weighted by atomic mass is 10.2. The molecule has 0 radical (unpaired) electrons. The zero-order valence-electron chi connectivity index (χ0n) is 17.0. The number of aromatic nitrogens is 1. The molecule has 1 heterocycles. The highest BCUT2D eigenvalue weighted by atomic mass is 32.1. The monoisotopic (exact) mass is 389 g/mol. The minimum absolute atomic E-state index is 0.0115. The van der Waals surface area contributed by atoms with Crippen molar-refractivity contribution in [1.29, 1.82) is 0 Å². The highest BCUT2D eigenvalue weighted by Crippen LogP contribution is 2.32. The summed E-state index contributed by atoms with van der Waals surface area (Å²) in [7, 11) is 0. The summed E-state index contributed by atoms with van der Waals surface area (Å²) in [6.45, 7) is 12.8. The summed E-state index contributed by atoms with van der Waals surface area (Å²) in [5.41, 5.74) is 1.77. The van der Waals surface area contributed by atoms with Gasteiger partial charge in [-0.15, -0.1) is 11.3 Å². The van der Waals surface area contributed by atoms with Gasteiger partial charge >= 0.3 is 0 Å². The van der Waals surface area contributed by atoms with Crippen LogP contribution < -0.4 is 10.1 Å². The molecule has 0 fully saturated rings. The lowest BCUT2D eigenvalue weighted by Gasteiger charge is -2.30. The van der Waals surface area contributed by atoms with Crippen molar-refractivity contribution in [3.8, 4) is 16.3 Å². The molecule has 0 atom stereocenters. The van der Waals surface area contributed by atoms with Crippen LogP contribution in [-0.2, 0) is 11.2 Å². The standard InChI is InChI=1S/C21H31N3O2S/c1-6-26-19-10-8-7-9-18(19)21-23-17(14-27-21)13-20(25)22-11-12-24(15(2)3)16(4)5/h7-10,14-16H,6,11-13H2,1-5H3,(H,22,25). The maximum atomic E-state index is 12.3. The number of ether oxygens (including phenoxy) is 1. The molecule has 0 spiro atoms. The van der Waals surface area contributed by atoms with Gasteiger partial charge in [0.1, 0.15) is 10.8 Å². The molecule has 0 aliphatic heterocycles. The second kappa shape index (κ2) is 10.4. The largest absolute Gasteiger partial charge is 0.493 e. The molecule has 0 aliphatic rings. The molecule has 148 valence electrons. The van der Waals surface area contributed by atoms with Gasteiger partial charge in [0.2, 0.25) is 5.91 Å². The van der Waals surface area contributed by atoms with E-state index in [1.54, 1.807) is 11.3 Å². The number of nitrogens with zero attached hydrogens (tertiary/aromatic N) is 2. The Kier molecular flexibility index (Phi) is 8.25. The molecule has 0 aliphatic carbocycles. The van der Waals surface area contributed by atoms with Gasteiger partial charge in [0, 0.05) is 30.6 Å². The van der Waals surface area contributed by atoms with Gasteiger partial charge in [-0.2, -0.15) is 0 Å². The summed E-state index contributed by atoms with van der Waals surface area (Å²) in [5, 5.41) is 5.84. The van der Waals surface area contributed by atoms with Crippen molar-refractivity contribution < 1.29 is 9.53 Å². The molecule has 0 unspecified atom stereocenters. The first-order valence-electron chi connectivity index (χ1n) is 9.61. The first kappa shape index (κ1) is 21.4. The maximum absolute atomic E-state index is 12.3. The fourth-order valence-corrected chi connectivity index (χ4v) is 3.95. The van der Waals surface area contributed by atoms with Crippen LogP contribution >= 0.6 is 11.3 Å². The number of carbonyl (C=O) groups excluding carboxylic acids is 1. The molecule has 2 rings (SSSR count). The van der Waals surface area contributed by atoms with E-state index in [0.29, 0.717) is 31.7 Å². The predicted octanol–water partition coefficient (Wildman–Crippen LogP) is 3.99. The van der Waals surface area contributed by atoms with Gasteiger partial charge in [-0.25, -0.2) is 4.98 Å². The summed E-state index contributed by atoms with van der Waals surface area (Å²) >= 11 is 1.54. The Labute approximate surface area is 166 Å². The minimum Gasteiger partial charge on any atom is -0.493 e. The number of benzene rings is 1. The number of nitrogens with one attached hydrogen (secondary N) is 1. The van der Waals surface area contributed by atoms with Gasteiger partial charge in [-0.05, 0) is 46.8 Å². The molecule has 1 amide bonds. The Bertz CT molecular complexity index is 720. The van der Waals surface area contributed by atoms with Crippen molar-refractivity contribution >= 4 is 17.2 Å². The van der Waals surface area contributed by atoms with Crippen molar-refractivity contribution in [2.45, 2.75) is 53.1 Å². The van der Waals surface area contributed by atoms with E-state index in [1.807, 2.05) is 36.6 Å². The van der Waals surface area contributed by atoms with Crippen LogP contribution in [0.5, 0.6) is 5.75 Å². The first-order chi connectivity index (χ1) is 12.9. The average Bonchev–Trinajstić information content (AvgIpc) is 3.07. The highest BCUT2D eigenvalue weighted by Gasteiger charge is 2.15. The molecule has 1 N–H and O–H groups in total. The van der Waals surface area contributed by atoms with Gasteiger partial charge in [-0.1, -0.05) is 12.1 Å². The number of hydrogen-bond donors (Lipinski definition) is 1. The topological polar surface area (TPSA) is 54.5 Å². The van der Waals surface area contributed by atoms with Crippen LogP contribution in [0.2, 0.25) is 0 Å². The van der Waals surface area contributed by atoms with E-state index in [4.69, 9.17) is 4.74 Å². The van der Waals surface area contributed by atoms with Gasteiger partial charge < -0.3 is 10.1 Å². The van der Waals surface area contributed by atoms with E-state index in [1.165, 1.54) is 0 Å². The van der Waals surface area contributed by atoms with E-state index in [9.17, 15) is 4.79 Å². The van der Waals surface area contributed by atoms with E-state index in [-0.39, 0.29) is 5.91 Å². The summed E-state index contributed by atoms with van der Waals surface area (Å²) in [4.78, 5) is 19.3. The van der Waals surface area contributed by atoms with Gasteiger partial charge in [0.25, 0.3) is 0 Å². The second-order valence-electron chi connectivity index (χ2n) is 7.03. The van der Waals surface area contributed by atoms with Gasteiger partial charge in [0.15, 0.2) is 0 Å². The Morgan fingerprint density at radius 3 is 2.59 bits per heavy atom. The van der Waals surface area contributed by atoms with Gasteiger partial charge in [-0.3, -0.25) is 9.69 Å². The lowest BCUT2D eigenvalue weighted by molar-refractivity contribution is -0.120. The molecule has 6 heteroatoms. The minimum atomic E-state index is 0.0115. The Morgan fingerprint density at radius 1 is 1.22 bits per heavy atom. The summed E-state index contributed by atoms with van der Waals surface area (Å²) in [6.07, 6.45) is 0.302. The Hall–Kier alpha value is -1.92. The molecule has 0 saturated heterocycles. The third-order valence-electron chi connectivity index (χ3n) is 4.33. The molecule has 1 aromatic heterocycles. The van der Waals surface area contributed by atoms with E-state index < -0.39 is 0 Å². The number of carbonyl (C=O) groups is 1. The van der Waals surface area contributed by atoms with E-state index >= 15 is 0 Å². The number of amides is 1. The third-order valence-corrected chi connectivity index (χ3v) is 5.25. The van der Waals surface area contributed by atoms with Gasteiger partial charge in [0.05, 0.1) is 24.3 Å². The van der Waals surface area contributed by atoms with Crippen LogP contribution in [0.15, 0.2) is 29.6 Å². The van der Waals surface area contributed by atoms with Crippen LogP contribution in [0.25, 0.3) is 10.6 Å². The fourth-order valence-electron chi connectivity index (χ4n) is 3.10. The first-order valence-corrected chi connectivity index (χ1v) is 10.5. The third kappa shape index (κ3) is 6.33. The Balaban J connectivity index is 1.91. The zero-order valence-corrected chi connectivity index (χ0v) is 17.8. The zero-order chi connectivity index (χ0) is 19.8. The molecule has 1 aromatic carbocycles. The summed E-state index contributed by atoms with van der Waals surface area (Å²) < 4.78 is 5.68. The normalized spacial score (nSPS) is 11.4. The van der Waals surface area contributed by atoms with Crippen molar-refractivity contribution in [3.63, 3.8) is 0 Å². The smallest absolute Gasteiger partial charge is 0.226 e. The van der Waals surface area contributed by atoms with Crippen LogP contribution in [0.3, 0.4) is 0 Å². The average molecular weight is 390 g/mol. The molecule has 0 saturated carbocycles. The van der Waals surface area contributed by atoms with Crippen LogP contribution in [0.1, 0.15) is 40.3 Å². The summed E-state index contributed by atoms with van der Waals surface area (Å²) in [5.74, 6) is 0.838. The highest BCUT2D eigenvalue weighted by molar-refractivity contribution is 7.13. The fraction of sp³-hybridized carbons (Fsp3) is 0.524. The number of para-hydroxylation sites is 1. The molecule has 5 nitrogen and oxygen atoms in total. The van der Waals surface area contributed by atoms with Crippen LogP contribution in [0, 0.1) is 0 Å². The van der Waals surface area contributed by atoms with Crippen LogP contribution in [0.4, 0.5) is 0 Å². The Morgan fingerprint density at radius 2 is 1.93 bits per heavy atom. The maximum Gasteiger partial charge on any atom is 0.226 e. The second-order valence-corrected chi connectivity index (χ2v) is 7.88. The van der Waals surface area contributed by atoms with E-state index in [2.05, 4.69) is 42.9 Å². The molecular weight excluding hydrogens is 358 g/mol. The van der Waals surface area contributed by atoms with Crippen molar-refractivity contribution in [2.24, 2.45) is 0 Å². The van der Waals surface area contributed by atoms with Crippen molar-refractivity contribution in [1.82, 2.24) is 15.2 Å². The number of hydrogen-bond acceptors (Lipinski definition) is 5. The lowest BCUT2D eigenvalue weighted by Crippen LogP contribution is -2.42. The summed E-state index contributed by atoms with van der Waals surface area (Å²) in [6, 6.07) is 8.80. The number of thiazole rings is 1. The number of rotatable bonds is 10. The molecule has 0 bridgehead atoms. The predicted molar refractivity (Wildman–Crippen MR) is 112 cm³/mol. The van der Waals surface area contributed by atoms with E-state index in [0.717, 1.165) is 28.6 Å². The van der Waals surface area contributed by atoms with Crippen LogP contribution in [-0.4, -0.2) is 47.6 Å². The molecule has 27 heavy (non-hydrogen) atoms.